The molecule has 3 rings (SSSR count). The number of ether oxygens (including phenoxy) is 1. The Morgan fingerprint density at radius 3 is 2.91 bits per heavy atom. The number of carbonyl (C=O) groups excluding carboxylic acids is 1. The Labute approximate surface area is 129 Å². The third-order valence-corrected chi connectivity index (χ3v) is 4.65. The second-order valence-corrected chi connectivity index (χ2v) is 6.04. The van der Waals surface area contributed by atoms with Crippen molar-refractivity contribution in [2.24, 2.45) is 5.92 Å². The minimum Gasteiger partial charge on any atom is -0.374 e. The molecule has 0 radical (unpaired) electrons. The fourth-order valence-corrected chi connectivity index (χ4v) is 3.47. The zero-order chi connectivity index (χ0) is 15.7. The van der Waals surface area contributed by atoms with Crippen LogP contribution in [-0.4, -0.2) is 23.0 Å². The molecule has 1 amide bonds. The number of non-ortho nitro benzene ring substituents is 1. The van der Waals surface area contributed by atoms with Gasteiger partial charge in [-0.15, -0.1) is 0 Å². The number of nitrogens with one attached hydrogen (secondary N) is 1. The van der Waals surface area contributed by atoms with Gasteiger partial charge in [0, 0.05) is 12.1 Å². The predicted molar refractivity (Wildman–Crippen MR) is 80.3 cm³/mol. The van der Waals surface area contributed by atoms with Gasteiger partial charge >= 0.3 is 0 Å². The molecule has 22 heavy (non-hydrogen) atoms. The van der Waals surface area contributed by atoms with Crippen LogP contribution >= 0.6 is 0 Å². The monoisotopic (exact) mass is 304 g/mol. The molecule has 2 fully saturated rings. The van der Waals surface area contributed by atoms with Gasteiger partial charge in [-0.2, -0.15) is 0 Å². The van der Waals surface area contributed by atoms with Crippen molar-refractivity contribution in [2.75, 3.05) is 0 Å². The molecule has 2 saturated heterocycles. The van der Waals surface area contributed by atoms with E-state index in [9.17, 15) is 14.9 Å². The van der Waals surface area contributed by atoms with E-state index in [0.29, 0.717) is 6.42 Å². The van der Waals surface area contributed by atoms with E-state index in [1.807, 2.05) is 13.0 Å². The van der Waals surface area contributed by atoms with Crippen molar-refractivity contribution in [1.29, 1.82) is 0 Å². The highest BCUT2D eigenvalue weighted by Gasteiger charge is 2.44. The molecule has 2 aliphatic heterocycles. The zero-order valence-corrected chi connectivity index (χ0v) is 12.5. The molecule has 2 bridgehead atoms. The number of fused-ring (bicyclic) bond motifs is 2. The lowest BCUT2D eigenvalue weighted by Gasteiger charge is -2.23. The molecular formula is C16H20N2O4. The van der Waals surface area contributed by atoms with E-state index in [1.165, 1.54) is 12.1 Å². The Morgan fingerprint density at radius 1 is 1.50 bits per heavy atom. The van der Waals surface area contributed by atoms with Crippen LogP contribution in [0.5, 0.6) is 0 Å². The first-order valence-corrected chi connectivity index (χ1v) is 7.78. The molecule has 0 saturated carbocycles. The number of carbonyl (C=O) groups is 1. The van der Waals surface area contributed by atoms with Crippen LogP contribution in [-0.2, 0) is 9.53 Å². The van der Waals surface area contributed by atoms with Crippen LogP contribution in [0.25, 0.3) is 0 Å². The van der Waals surface area contributed by atoms with Gasteiger partial charge in [-0.3, -0.25) is 14.9 Å². The standard InChI is InChI=1S/C16H20N2O4/c1-2-14(10-4-3-5-11(8-10)18(20)21)17-16(19)13-9-12-6-7-15(13)22-12/h3-5,8,12-15H,2,6-7,9H2,1H3,(H,17,19)/t12-,13-,14-,15-/m1/s1. The number of hydrogen-bond acceptors (Lipinski definition) is 4. The van der Waals surface area contributed by atoms with Crippen LogP contribution in [0.2, 0.25) is 0 Å². The summed E-state index contributed by atoms with van der Waals surface area (Å²) in [5, 5.41) is 13.9. The minimum absolute atomic E-state index is 0.00514. The number of rotatable bonds is 5. The molecule has 118 valence electrons. The van der Waals surface area contributed by atoms with Crippen molar-refractivity contribution in [2.45, 2.75) is 50.9 Å². The van der Waals surface area contributed by atoms with Crippen molar-refractivity contribution in [3.05, 3.63) is 39.9 Å². The van der Waals surface area contributed by atoms with Gasteiger partial charge in [-0.1, -0.05) is 19.1 Å². The zero-order valence-electron chi connectivity index (χ0n) is 12.5. The van der Waals surface area contributed by atoms with Crippen LogP contribution in [0.4, 0.5) is 5.69 Å². The molecule has 6 heteroatoms. The SMILES string of the molecule is CC[C@@H](NC(=O)[C@@H]1C[C@H]2CC[C@H]1O2)c1cccc([N+](=O)[O-])c1. The van der Waals surface area contributed by atoms with Crippen LogP contribution in [0.15, 0.2) is 24.3 Å². The Bertz CT molecular complexity index is 589. The van der Waals surface area contributed by atoms with Gasteiger partial charge in [-0.25, -0.2) is 0 Å². The first kappa shape index (κ1) is 15.0. The molecule has 6 nitrogen and oxygen atoms in total. The highest BCUT2D eigenvalue weighted by molar-refractivity contribution is 5.80. The third-order valence-electron chi connectivity index (χ3n) is 4.65. The number of nitrogens with zero attached hydrogens (tertiary/aromatic N) is 1. The Morgan fingerprint density at radius 2 is 2.32 bits per heavy atom. The molecule has 1 aromatic carbocycles. The molecule has 0 aliphatic carbocycles. The summed E-state index contributed by atoms with van der Waals surface area (Å²) in [6.07, 6.45) is 3.77. The number of nitro groups is 1. The first-order chi connectivity index (χ1) is 10.6. The Balaban J connectivity index is 1.70. The smallest absolute Gasteiger partial charge is 0.269 e. The molecule has 0 spiro atoms. The van der Waals surface area contributed by atoms with Gasteiger partial charge in [-0.05, 0) is 31.2 Å². The fourth-order valence-electron chi connectivity index (χ4n) is 3.47. The normalized spacial score (nSPS) is 27.6. The van der Waals surface area contributed by atoms with E-state index in [2.05, 4.69) is 5.32 Å². The van der Waals surface area contributed by atoms with Crippen molar-refractivity contribution in [1.82, 2.24) is 5.32 Å². The topological polar surface area (TPSA) is 81.5 Å². The molecule has 2 aliphatic rings. The maximum Gasteiger partial charge on any atom is 0.269 e. The molecule has 1 aromatic rings. The molecule has 2 heterocycles. The summed E-state index contributed by atoms with van der Waals surface area (Å²) in [6.45, 7) is 1.96. The maximum absolute atomic E-state index is 12.5. The number of nitro benzene ring substituents is 1. The first-order valence-electron chi connectivity index (χ1n) is 7.78. The summed E-state index contributed by atoms with van der Waals surface area (Å²) >= 11 is 0. The predicted octanol–water partition coefficient (Wildman–Crippen LogP) is 2.73. The average Bonchev–Trinajstić information content (AvgIpc) is 3.15. The third kappa shape index (κ3) is 2.83. The summed E-state index contributed by atoms with van der Waals surface area (Å²) in [6, 6.07) is 6.27. The van der Waals surface area contributed by atoms with Crippen LogP contribution < -0.4 is 5.32 Å². The molecule has 0 unspecified atom stereocenters. The summed E-state index contributed by atoms with van der Waals surface area (Å²) in [7, 11) is 0. The second kappa shape index (κ2) is 6.04. The lowest BCUT2D eigenvalue weighted by Crippen LogP contribution is -2.38. The van der Waals surface area contributed by atoms with E-state index >= 15 is 0 Å². The molecular weight excluding hydrogens is 284 g/mol. The van der Waals surface area contributed by atoms with E-state index in [0.717, 1.165) is 24.8 Å². The maximum atomic E-state index is 12.5. The van der Waals surface area contributed by atoms with Crippen molar-refractivity contribution in [3.8, 4) is 0 Å². The van der Waals surface area contributed by atoms with Gasteiger partial charge < -0.3 is 10.1 Å². The lowest BCUT2D eigenvalue weighted by atomic mass is 9.88. The second-order valence-electron chi connectivity index (χ2n) is 6.04. The average molecular weight is 304 g/mol. The number of hydrogen-bond donors (Lipinski definition) is 1. The van der Waals surface area contributed by atoms with Crippen LogP contribution in [0.1, 0.15) is 44.2 Å². The van der Waals surface area contributed by atoms with Gasteiger partial charge in [0.2, 0.25) is 5.91 Å². The Kier molecular flexibility index (Phi) is 4.11. The summed E-state index contributed by atoms with van der Waals surface area (Å²) < 4.78 is 5.73. The van der Waals surface area contributed by atoms with Gasteiger partial charge in [0.15, 0.2) is 0 Å². The minimum atomic E-state index is -0.415. The highest BCUT2D eigenvalue weighted by atomic mass is 16.6. The molecule has 4 atom stereocenters. The van der Waals surface area contributed by atoms with Crippen molar-refractivity contribution < 1.29 is 14.5 Å². The van der Waals surface area contributed by atoms with Crippen LogP contribution in [0, 0.1) is 16.0 Å². The molecule has 0 aromatic heterocycles. The van der Waals surface area contributed by atoms with Gasteiger partial charge in [0.05, 0.1) is 29.1 Å². The number of amides is 1. The largest absolute Gasteiger partial charge is 0.374 e. The van der Waals surface area contributed by atoms with Crippen molar-refractivity contribution in [3.63, 3.8) is 0 Å². The van der Waals surface area contributed by atoms with Crippen LogP contribution in [0.3, 0.4) is 0 Å². The summed E-state index contributed by atoms with van der Waals surface area (Å²) in [5.74, 6) is -0.0722. The molecule has 1 N–H and O–H groups in total. The highest BCUT2D eigenvalue weighted by Crippen LogP contribution is 2.39. The lowest BCUT2D eigenvalue weighted by molar-refractivity contribution is -0.384. The van der Waals surface area contributed by atoms with E-state index in [4.69, 9.17) is 4.74 Å². The van der Waals surface area contributed by atoms with E-state index < -0.39 is 4.92 Å². The summed E-state index contributed by atoms with van der Waals surface area (Å²) in [5.41, 5.74) is 0.822. The Hall–Kier alpha value is -1.95. The van der Waals surface area contributed by atoms with E-state index in [-0.39, 0.29) is 35.8 Å². The van der Waals surface area contributed by atoms with Crippen molar-refractivity contribution >= 4 is 11.6 Å². The van der Waals surface area contributed by atoms with Gasteiger partial charge in [0.1, 0.15) is 0 Å². The van der Waals surface area contributed by atoms with Gasteiger partial charge in [0.25, 0.3) is 5.69 Å². The quantitative estimate of drug-likeness (QED) is 0.670. The summed E-state index contributed by atoms with van der Waals surface area (Å²) in [4.78, 5) is 22.9. The fraction of sp³-hybridized carbons (Fsp3) is 0.562. The number of benzene rings is 1. The van der Waals surface area contributed by atoms with E-state index in [1.54, 1.807) is 6.07 Å².